The van der Waals surface area contributed by atoms with Gasteiger partial charge in [-0.1, -0.05) is 25.4 Å². The first-order chi connectivity index (χ1) is 8.40. The topological polar surface area (TPSA) is 49.3 Å². The predicted molar refractivity (Wildman–Crippen MR) is 74.5 cm³/mol. The third-order valence-electron chi connectivity index (χ3n) is 2.42. The van der Waals surface area contributed by atoms with Crippen LogP contribution in [0.1, 0.15) is 30.6 Å². The van der Waals surface area contributed by atoms with Crippen LogP contribution in [-0.4, -0.2) is 22.9 Å². The van der Waals surface area contributed by atoms with Crippen LogP contribution >= 0.6 is 23.2 Å². The van der Waals surface area contributed by atoms with Gasteiger partial charge in [0.1, 0.15) is 5.75 Å². The molecule has 1 amide bonds. The lowest BCUT2D eigenvalue weighted by molar-refractivity contribution is 0.0950. The van der Waals surface area contributed by atoms with E-state index >= 15 is 0 Å². The number of alkyl halides is 1. The van der Waals surface area contributed by atoms with Crippen LogP contribution < -0.4 is 5.32 Å². The van der Waals surface area contributed by atoms with Crippen molar-refractivity contribution in [3.8, 4) is 5.75 Å². The van der Waals surface area contributed by atoms with E-state index in [0.29, 0.717) is 17.5 Å². The second-order valence-electron chi connectivity index (χ2n) is 4.60. The summed E-state index contributed by atoms with van der Waals surface area (Å²) in [7, 11) is 0. The molecule has 0 aliphatic rings. The summed E-state index contributed by atoms with van der Waals surface area (Å²) >= 11 is 11.8. The van der Waals surface area contributed by atoms with Crippen molar-refractivity contribution in [3.63, 3.8) is 0 Å². The second kappa shape index (κ2) is 6.86. The van der Waals surface area contributed by atoms with Crippen molar-refractivity contribution in [3.05, 3.63) is 28.8 Å². The van der Waals surface area contributed by atoms with Gasteiger partial charge in [0.2, 0.25) is 0 Å². The second-order valence-corrected chi connectivity index (χ2v) is 5.65. The van der Waals surface area contributed by atoms with Gasteiger partial charge in [0.05, 0.1) is 10.9 Å². The highest BCUT2D eigenvalue weighted by atomic mass is 35.5. The zero-order chi connectivity index (χ0) is 13.7. The summed E-state index contributed by atoms with van der Waals surface area (Å²) in [5.74, 6) is 0.00175. The van der Waals surface area contributed by atoms with Gasteiger partial charge >= 0.3 is 0 Å². The summed E-state index contributed by atoms with van der Waals surface area (Å²) in [6, 6.07) is 4.38. The van der Waals surface area contributed by atoms with Gasteiger partial charge in [-0.3, -0.25) is 4.79 Å². The van der Waals surface area contributed by atoms with Crippen molar-refractivity contribution in [2.24, 2.45) is 5.92 Å². The fourth-order valence-corrected chi connectivity index (χ4v) is 2.19. The summed E-state index contributed by atoms with van der Waals surface area (Å²) in [6.07, 6.45) is 0.828. The number of phenolic OH excluding ortho intramolecular Hbond substituents is 1. The van der Waals surface area contributed by atoms with Crippen LogP contribution in [0, 0.1) is 5.92 Å². The molecule has 5 heteroatoms. The number of amides is 1. The first-order valence-corrected chi connectivity index (χ1v) is 6.62. The molecule has 1 unspecified atom stereocenters. The van der Waals surface area contributed by atoms with E-state index < -0.39 is 0 Å². The Bertz CT molecular complexity index is 421. The molecule has 100 valence electrons. The number of nitrogens with one attached hydrogen (secondary N) is 1. The van der Waals surface area contributed by atoms with Crippen LogP contribution in [0.3, 0.4) is 0 Å². The van der Waals surface area contributed by atoms with Crippen molar-refractivity contribution >= 4 is 29.1 Å². The number of aromatic hydroxyl groups is 1. The molecule has 0 spiro atoms. The molecule has 0 radical (unpaired) electrons. The minimum absolute atomic E-state index is 0.108. The summed E-state index contributed by atoms with van der Waals surface area (Å²) in [4.78, 5) is 11.8. The van der Waals surface area contributed by atoms with E-state index in [-0.39, 0.29) is 22.6 Å². The summed E-state index contributed by atoms with van der Waals surface area (Å²) < 4.78 is 0. The molecule has 1 atom stereocenters. The van der Waals surface area contributed by atoms with Gasteiger partial charge in [-0.2, -0.15) is 0 Å². The number of carbonyl (C=O) groups excluding carboxylic acids is 1. The monoisotopic (exact) mass is 289 g/mol. The Labute approximate surface area is 117 Å². The van der Waals surface area contributed by atoms with Crippen LogP contribution in [0.5, 0.6) is 5.75 Å². The average Bonchev–Trinajstić information content (AvgIpc) is 2.25. The molecular formula is C13H17Cl2NO2. The number of benzene rings is 1. The molecule has 1 aromatic carbocycles. The Morgan fingerprint density at radius 2 is 2.11 bits per heavy atom. The van der Waals surface area contributed by atoms with Gasteiger partial charge in [-0.25, -0.2) is 0 Å². The van der Waals surface area contributed by atoms with Gasteiger partial charge in [-0.15, -0.1) is 11.6 Å². The number of hydrogen-bond acceptors (Lipinski definition) is 2. The molecule has 0 aliphatic carbocycles. The van der Waals surface area contributed by atoms with E-state index in [4.69, 9.17) is 23.2 Å². The minimum Gasteiger partial charge on any atom is -0.507 e. The standard InChI is InChI=1S/C13H17Cl2NO2/c1-8(2)5-10(15)7-16-13(18)11-4-3-9(14)6-12(11)17/h3-4,6,8,10,17H,5,7H2,1-2H3,(H,16,18). The maximum absolute atomic E-state index is 11.8. The number of hydrogen-bond donors (Lipinski definition) is 2. The average molecular weight is 290 g/mol. The maximum Gasteiger partial charge on any atom is 0.255 e. The normalized spacial score (nSPS) is 12.5. The van der Waals surface area contributed by atoms with Crippen molar-refractivity contribution in [1.29, 1.82) is 0 Å². The van der Waals surface area contributed by atoms with Crippen LogP contribution in [-0.2, 0) is 0 Å². The van der Waals surface area contributed by atoms with Gasteiger partial charge < -0.3 is 10.4 Å². The Hall–Kier alpha value is -0.930. The molecule has 18 heavy (non-hydrogen) atoms. The Balaban J connectivity index is 2.55. The van der Waals surface area contributed by atoms with E-state index in [9.17, 15) is 9.90 Å². The predicted octanol–water partition coefficient (Wildman–Crippen LogP) is 3.43. The lowest BCUT2D eigenvalue weighted by Crippen LogP contribution is -2.30. The molecule has 2 N–H and O–H groups in total. The SMILES string of the molecule is CC(C)CC(Cl)CNC(=O)c1ccc(Cl)cc1O. The number of halogens is 2. The quantitative estimate of drug-likeness (QED) is 0.816. The summed E-state index contributed by atoms with van der Waals surface area (Å²) in [5.41, 5.74) is 0.202. The van der Waals surface area contributed by atoms with Crippen molar-refractivity contribution in [2.75, 3.05) is 6.54 Å². The molecule has 0 bridgehead atoms. The molecular weight excluding hydrogens is 273 g/mol. The van der Waals surface area contributed by atoms with E-state index in [0.717, 1.165) is 6.42 Å². The third kappa shape index (κ3) is 4.75. The minimum atomic E-state index is -0.349. The van der Waals surface area contributed by atoms with Crippen LogP contribution in [0.2, 0.25) is 5.02 Å². The van der Waals surface area contributed by atoms with Crippen LogP contribution in [0.15, 0.2) is 18.2 Å². The molecule has 3 nitrogen and oxygen atoms in total. The molecule has 0 saturated carbocycles. The van der Waals surface area contributed by atoms with Crippen molar-refractivity contribution < 1.29 is 9.90 Å². The lowest BCUT2D eigenvalue weighted by Gasteiger charge is -2.13. The Kier molecular flexibility index (Phi) is 5.76. The first kappa shape index (κ1) is 15.1. The van der Waals surface area contributed by atoms with Gasteiger partial charge in [0, 0.05) is 11.6 Å². The molecule has 0 heterocycles. The van der Waals surface area contributed by atoms with Crippen molar-refractivity contribution in [1.82, 2.24) is 5.32 Å². The third-order valence-corrected chi connectivity index (χ3v) is 2.98. The Morgan fingerprint density at radius 1 is 1.44 bits per heavy atom. The van der Waals surface area contributed by atoms with E-state index in [1.54, 1.807) is 6.07 Å². The fraction of sp³-hybridized carbons (Fsp3) is 0.462. The van der Waals surface area contributed by atoms with Gasteiger partial charge in [0.25, 0.3) is 5.91 Å². The van der Waals surface area contributed by atoms with Crippen molar-refractivity contribution in [2.45, 2.75) is 25.6 Å². The first-order valence-electron chi connectivity index (χ1n) is 5.81. The van der Waals surface area contributed by atoms with E-state index in [1.807, 2.05) is 0 Å². The fourth-order valence-electron chi connectivity index (χ4n) is 1.59. The smallest absolute Gasteiger partial charge is 0.255 e. The highest BCUT2D eigenvalue weighted by Gasteiger charge is 2.13. The lowest BCUT2D eigenvalue weighted by atomic mass is 10.1. The number of rotatable bonds is 5. The molecule has 0 aliphatic heterocycles. The highest BCUT2D eigenvalue weighted by Crippen LogP contribution is 2.21. The summed E-state index contributed by atoms with van der Waals surface area (Å²) in [6.45, 7) is 4.52. The van der Waals surface area contributed by atoms with Gasteiger partial charge in [0.15, 0.2) is 0 Å². The molecule has 1 rings (SSSR count). The van der Waals surface area contributed by atoms with E-state index in [1.165, 1.54) is 12.1 Å². The molecule has 0 aromatic heterocycles. The van der Waals surface area contributed by atoms with Crippen LogP contribution in [0.4, 0.5) is 0 Å². The zero-order valence-corrected chi connectivity index (χ0v) is 11.9. The zero-order valence-electron chi connectivity index (χ0n) is 10.4. The number of phenols is 1. The van der Waals surface area contributed by atoms with E-state index in [2.05, 4.69) is 19.2 Å². The molecule has 1 aromatic rings. The maximum atomic E-state index is 11.8. The molecule has 0 fully saturated rings. The number of carbonyl (C=O) groups is 1. The highest BCUT2D eigenvalue weighted by molar-refractivity contribution is 6.30. The van der Waals surface area contributed by atoms with Crippen LogP contribution in [0.25, 0.3) is 0 Å². The summed E-state index contributed by atoms with van der Waals surface area (Å²) in [5, 5.41) is 12.6. The largest absolute Gasteiger partial charge is 0.507 e. The Morgan fingerprint density at radius 3 is 2.67 bits per heavy atom. The molecule has 0 saturated heterocycles. The van der Waals surface area contributed by atoms with Gasteiger partial charge in [-0.05, 0) is 30.5 Å².